The molecule has 0 spiro atoms. The van der Waals surface area contributed by atoms with Crippen molar-refractivity contribution < 1.29 is 18.0 Å². The number of aryl methyl sites for hydroxylation is 1. The molecule has 1 atom stereocenters. The Morgan fingerprint density at radius 1 is 0.902 bits per heavy atom. The SMILES string of the molecule is CCCCNC(=O)[C@H](CC)N(Cc1ccc(Cl)cc1Cl)C(=O)CN(c1ccccc1CC)S(=O)(=O)c1ccccc1. The van der Waals surface area contributed by atoms with Crippen LogP contribution in [0.4, 0.5) is 5.69 Å². The van der Waals surface area contributed by atoms with Gasteiger partial charge in [-0.05, 0) is 60.7 Å². The first-order chi connectivity index (χ1) is 19.6. The summed E-state index contributed by atoms with van der Waals surface area (Å²) in [5, 5.41) is 3.71. The maximum Gasteiger partial charge on any atom is 0.264 e. The van der Waals surface area contributed by atoms with Gasteiger partial charge >= 0.3 is 0 Å². The number of sulfonamides is 1. The number of para-hydroxylation sites is 1. The van der Waals surface area contributed by atoms with E-state index < -0.39 is 28.5 Å². The average molecular weight is 619 g/mol. The second-order valence-electron chi connectivity index (χ2n) is 9.63. The summed E-state index contributed by atoms with van der Waals surface area (Å²) in [5.74, 6) is -0.829. The fourth-order valence-corrected chi connectivity index (χ4v) is 6.49. The van der Waals surface area contributed by atoms with Crippen molar-refractivity contribution in [2.75, 3.05) is 17.4 Å². The number of nitrogens with zero attached hydrogens (tertiary/aromatic N) is 2. The lowest BCUT2D eigenvalue weighted by Crippen LogP contribution is -2.52. The van der Waals surface area contributed by atoms with Crippen LogP contribution in [0.3, 0.4) is 0 Å². The second kappa shape index (κ2) is 15.2. The minimum absolute atomic E-state index is 0.00316. The highest BCUT2D eigenvalue weighted by molar-refractivity contribution is 7.92. The van der Waals surface area contributed by atoms with Gasteiger partial charge in [-0.1, -0.05) is 92.9 Å². The van der Waals surface area contributed by atoms with Gasteiger partial charge in [0.25, 0.3) is 10.0 Å². The van der Waals surface area contributed by atoms with Crippen molar-refractivity contribution in [3.63, 3.8) is 0 Å². The molecular weight excluding hydrogens is 581 g/mol. The van der Waals surface area contributed by atoms with Gasteiger partial charge in [0.2, 0.25) is 11.8 Å². The number of unbranched alkanes of at least 4 members (excludes halogenated alkanes) is 1. The molecule has 0 aromatic heterocycles. The molecule has 220 valence electrons. The van der Waals surface area contributed by atoms with Crippen LogP contribution in [0.5, 0.6) is 0 Å². The molecule has 1 N–H and O–H groups in total. The molecule has 0 aliphatic carbocycles. The molecule has 41 heavy (non-hydrogen) atoms. The van der Waals surface area contributed by atoms with E-state index in [4.69, 9.17) is 23.2 Å². The van der Waals surface area contributed by atoms with Crippen molar-refractivity contribution in [3.05, 3.63) is 94.0 Å². The fourth-order valence-electron chi connectivity index (χ4n) is 4.55. The quantitative estimate of drug-likeness (QED) is 0.210. The lowest BCUT2D eigenvalue weighted by Gasteiger charge is -2.34. The van der Waals surface area contributed by atoms with Gasteiger partial charge in [0.15, 0.2) is 0 Å². The minimum atomic E-state index is -4.13. The van der Waals surface area contributed by atoms with Crippen LogP contribution in [0.15, 0.2) is 77.7 Å². The summed E-state index contributed by atoms with van der Waals surface area (Å²) in [6.45, 7) is 5.75. The predicted molar refractivity (Wildman–Crippen MR) is 166 cm³/mol. The van der Waals surface area contributed by atoms with Crippen LogP contribution in [-0.4, -0.2) is 44.3 Å². The van der Waals surface area contributed by atoms with E-state index in [1.54, 1.807) is 48.5 Å². The molecule has 0 heterocycles. The summed E-state index contributed by atoms with van der Waals surface area (Å²) >= 11 is 12.6. The minimum Gasteiger partial charge on any atom is -0.354 e. The molecule has 0 saturated carbocycles. The van der Waals surface area contributed by atoms with Crippen molar-refractivity contribution in [1.29, 1.82) is 0 Å². The van der Waals surface area contributed by atoms with E-state index in [9.17, 15) is 18.0 Å². The van der Waals surface area contributed by atoms with Gasteiger partial charge in [-0.15, -0.1) is 0 Å². The molecule has 0 fully saturated rings. The lowest BCUT2D eigenvalue weighted by atomic mass is 10.1. The molecule has 3 aromatic carbocycles. The summed E-state index contributed by atoms with van der Waals surface area (Å²) in [4.78, 5) is 29.0. The number of benzene rings is 3. The molecule has 0 aliphatic heterocycles. The maximum atomic E-state index is 14.2. The molecule has 2 amide bonds. The number of hydrogen-bond acceptors (Lipinski definition) is 4. The van der Waals surface area contributed by atoms with Crippen LogP contribution in [0.1, 0.15) is 51.2 Å². The number of anilines is 1. The first-order valence-corrected chi connectivity index (χ1v) is 16.0. The summed E-state index contributed by atoms with van der Waals surface area (Å²) < 4.78 is 29.1. The maximum absolute atomic E-state index is 14.2. The Morgan fingerprint density at radius 3 is 2.22 bits per heavy atom. The van der Waals surface area contributed by atoms with Crippen molar-refractivity contribution in [2.45, 2.75) is 63.9 Å². The lowest BCUT2D eigenvalue weighted by molar-refractivity contribution is -0.140. The van der Waals surface area contributed by atoms with E-state index >= 15 is 0 Å². The van der Waals surface area contributed by atoms with Gasteiger partial charge in [-0.2, -0.15) is 0 Å². The average Bonchev–Trinajstić information content (AvgIpc) is 2.97. The second-order valence-corrected chi connectivity index (χ2v) is 12.3. The van der Waals surface area contributed by atoms with Gasteiger partial charge in [0.1, 0.15) is 12.6 Å². The third kappa shape index (κ3) is 8.24. The van der Waals surface area contributed by atoms with E-state index in [-0.39, 0.29) is 17.3 Å². The third-order valence-corrected chi connectivity index (χ3v) is 9.18. The molecule has 3 aromatic rings. The zero-order valence-electron chi connectivity index (χ0n) is 23.6. The molecule has 0 aliphatic rings. The first kappa shape index (κ1) is 32.4. The summed E-state index contributed by atoms with van der Waals surface area (Å²) in [5.41, 5.74) is 1.78. The smallest absolute Gasteiger partial charge is 0.264 e. The molecule has 0 saturated heterocycles. The summed E-state index contributed by atoms with van der Waals surface area (Å²) in [6.07, 6.45) is 2.60. The van der Waals surface area contributed by atoms with Crippen LogP contribution in [0, 0.1) is 0 Å². The van der Waals surface area contributed by atoms with Crippen LogP contribution >= 0.6 is 23.2 Å². The van der Waals surface area contributed by atoms with Crippen molar-refractivity contribution in [2.24, 2.45) is 0 Å². The Bertz CT molecular complexity index is 1430. The largest absolute Gasteiger partial charge is 0.354 e. The number of amides is 2. The van der Waals surface area contributed by atoms with Gasteiger partial charge in [-0.25, -0.2) is 8.42 Å². The number of rotatable bonds is 14. The predicted octanol–water partition coefficient (Wildman–Crippen LogP) is 6.47. The summed E-state index contributed by atoms with van der Waals surface area (Å²) in [7, 11) is -4.13. The highest BCUT2D eigenvalue weighted by Crippen LogP contribution is 2.29. The fraction of sp³-hybridized carbons (Fsp3) is 0.355. The van der Waals surface area contributed by atoms with Crippen molar-refractivity contribution in [1.82, 2.24) is 10.2 Å². The van der Waals surface area contributed by atoms with Gasteiger partial charge in [0.05, 0.1) is 10.6 Å². The molecule has 10 heteroatoms. The van der Waals surface area contributed by atoms with E-state index in [1.165, 1.54) is 17.0 Å². The zero-order chi connectivity index (χ0) is 30.0. The van der Waals surface area contributed by atoms with Gasteiger partial charge in [-0.3, -0.25) is 13.9 Å². The van der Waals surface area contributed by atoms with E-state index in [2.05, 4.69) is 5.32 Å². The Morgan fingerprint density at radius 2 is 1.59 bits per heavy atom. The Labute approximate surface area is 253 Å². The molecular formula is C31H37Cl2N3O4S. The standard InChI is InChI=1S/C31H37Cl2N3O4S/c1-4-7-19-34-31(38)28(6-3)35(21-24-17-18-25(32)20-27(24)33)30(37)22-36(29-16-12-11-13-23(29)5-2)41(39,40)26-14-9-8-10-15-26/h8-18,20,28H,4-7,19,21-22H2,1-3H3,(H,34,38)/t28-/m0/s1. The van der Waals surface area contributed by atoms with Crippen molar-refractivity contribution in [3.8, 4) is 0 Å². The number of hydrogen-bond donors (Lipinski definition) is 1. The van der Waals surface area contributed by atoms with Crippen molar-refractivity contribution >= 4 is 50.7 Å². The number of halogens is 2. The highest BCUT2D eigenvalue weighted by atomic mass is 35.5. The molecule has 0 unspecified atom stereocenters. The highest BCUT2D eigenvalue weighted by Gasteiger charge is 2.34. The van der Waals surface area contributed by atoms with Gasteiger partial charge in [0, 0.05) is 23.1 Å². The van der Waals surface area contributed by atoms with Crippen LogP contribution in [-0.2, 0) is 32.6 Å². The van der Waals surface area contributed by atoms with Crippen LogP contribution in [0.25, 0.3) is 0 Å². The normalized spacial score (nSPS) is 12.0. The Hall–Kier alpha value is -3.07. The molecule has 0 radical (unpaired) electrons. The first-order valence-electron chi connectivity index (χ1n) is 13.8. The topological polar surface area (TPSA) is 86.8 Å². The van der Waals surface area contributed by atoms with Crippen LogP contribution < -0.4 is 9.62 Å². The van der Waals surface area contributed by atoms with E-state index in [0.29, 0.717) is 40.7 Å². The molecule has 3 rings (SSSR count). The monoisotopic (exact) mass is 617 g/mol. The van der Waals surface area contributed by atoms with E-state index in [1.807, 2.05) is 32.9 Å². The Balaban J connectivity index is 2.08. The molecule has 7 nitrogen and oxygen atoms in total. The molecule has 0 bridgehead atoms. The summed E-state index contributed by atoms with van der Waals surface area (Å²) in [6, 6.07) is 19.2. The van der Waals surface area contributed by atoms with E-state index in [0.717, 1.165) is 22.7 Å². The number of nitrogens with one attached hydrogen (secondary N) is 1. The Kier molecular flexibility index (Phi) is 12.1. The van der Waals surface area contributed by atoms with Gasteiger partial charge < -0.3 is 10.2 Å². The number of carbonyl (C=O) groups is 2. The third-order valence-electron chi connectivity index (χ3n) is 6.82. The number of carbonyl (C=O) groups excluding carboxylic acids is 2. The van der Waals surface area contributed by atoms with Crippen LogP contribution in [0.2, 0.25) is 10.0 Å². The zero-order valence-corrected chi connectivity index (χ0v) is 26.0.